The predicted octanol–water partition coefficient (Wildman–Crippen LogP) is 3.76. The molecule has 11 heteroatoms. The average molecular weight is 435 g/mol. The molecule has 4 rings (SSSR count). The van der Waals surface area contributed by atoms with Gasteiger partial charge < -0.3 is 9.30 Å². The molecule has 162 valence electrons. The first-order chi connectivity index (χ1) is 14.8. The van der Waals surface area contributed by atoms with Gasteiger partial charge in [-0.3, -0.25) is 9.83 Å². The number of aryl methyl sites for hydroxylation is 1. The van der Waals surface area contributed by atoms with E-state index < -0.39 is 23.6 Å². The first-order valence-electron chi connectivity index (χ1n) is 9.15. The van der Waals surface area contributed by atoms with Crippen molar-refractivity contribution in [3.05, 3.63) is 71.2 Å². The maximum Gasteiger partial charge on any atom is 0.419 e. The summed E-state index contributed by atoms with van der Waals surface area (Å²) in [7, 11) is 1.46. The summed E-state index contributed by atoms with van der Waals surface area (Å²) in [5.74, 6) is -0.838. The van der Waals surface area contributed by atoms with Crippen LogP contribution in [-0.2, 0) is 11.0 Å². The SMILES string of the molecule is COc1nc(C2=NC(c3ccc(F)c(C(F)(F)F)c3)CON2)ccc1-n1cnc(C)c1. The molecule has 0 bridgehead atoms. The Bertz CT molecular complexity index is 1140. The van der Waals surface area contributed by atoms with Gasteiger partial charge in [0, 0.05) is 6.20 Å². The van der Waals surface area contributed by atoms with E-state index in [2.05, 4.69) is 20.4 Å². The highest BCUT2D eigenvalue weighted by Crippen LogP contribution is 2.34. The molecule has 3 aromatic rings. The highest BCUT2D eigenvalue weighted by atomic mass is 19.4. The minimum atomic E-state index is -4.81. The summed E-state index contributed by atoms with van der Waals surface area (Å²) in [6, 6.07) is 5.41. The van der Waals surface area contributed by atoms with Crippen LogP contribution in [-0.4, -0.2) is 34.1 Å². The van der Waals surface area contributed by atoms with Crippen LogP contribution in [0.25, 0.3) is 5.69 Å². The minimum absolute atomic E-state index is 0.0318. The monoisotopic (exact) mass is 435 g/mol. The van der Waals surface area contributed by atoms with Gasteiger partial charge in [-0.1, -0.05) is 6.07 Å². The number of methoxy groups -OCH3 is 1. The summed E-state index contributed by atoms with van der Waals surface area (Å²) in [6.07, 6.45) is -1.38. The smallest absolute Gasteiger partial charge is 0.419 e. The average Bonchev–Trinajstić information content (AvgIpc) is 3.19. The van der Waals surface area contributed by atoms with E-state index in [4.69, 9.17) is 9.57 Å². The van der Waals surface area contributed by atoms with Gasteiger partial charge in [0.2, 0.25) is 5.88 Å². The molecule has 1 N–H and O–H groups in total. The van der Waals surface area contributed by atoms with Crippen LogP contribution in [0, 0.1) is 12.7 Å². The third kappa shape index (κ3) is 4.22. The first kappa shape index (κ1) is 20.8. The normalized spacial score (nSPS) is 16.6. The van der Waals surface area contributed by atoms with E-state index in [1.54, 1.807) is 23.0 Å². The molecule has 0 saturated carbocycles. The maximum atomic E-state index is 13.6. The van der Waals surface area contributed by atoms with Gasteiger partial charge in [-0.2, -0.15) is 13.2 Å². The molecule has 2 aromatic heterocycles. The second-order valence-corrected chi connectivity index (χ2v) is 6.79. The molecular weight excluding hydrogens is 418 g/mol. The molecule has 31 heavy (non-hydrogen) atoms. The van der Waals surface area contributed by atoms with E-state index in [1.807, 2.05) is 13.1 Å². The largest absolute Gasteiger partial charge is 0.479 e. The van der Waals surface area contributed by atoms with Crippen LogP contribution >= 0.6 is 0 Å². The molecule has 0 saturated heterocycles. The number of nitrogens with one attached hydrogen (secondary N) is 1. The van der Waals surface area contributed by atoms with E-state index in [0.29, 0.717) is 17.3 Å². The summed E-state index contributed by atoms with van der Waals surface area (Å²) in [5, 5.41) is 0. The molecule has 0 fully saturated rings. The summed E-state index contributed by atoms with van der Waals surface area (Å²) >= 11 is 0. The molecule has 1 unspecified atom stereocenters. The van der Waals surface area contributed by atoms with Gasteiger partial charge in [0.15, 0.2) is 5.84 Å². The third-order valence-corrected chi connectivity index (χ3v) is 4.64. The van der Waals surface area contributed by atoms with Gasteiger partial charge in [0.05, 0.1) is 24.7 Å². The molecule has 1 atom stereocenters. The lowest BCUT2D eigenvalue weighted by Gasteiger charge is -2.23. The number of ether oxygens (including phenoxy) is 1. The number of benzene rings is 1. The molecule has 0 radical (unpaired) electrons. The molecule has 1 aliphatic heterocycles. The number of aliphatic imine (C=N–C) groups is 1. The van der Waals surface area contributed by atoms with Crippen molar-refractivity contribution < 1.29 is 27.1 Å². The molecule has 7 nitrogen and oxygen atoms in total. The van der Waals surface area contributed by atoms with Crippen molar-refractivity contribution in [2.24, 2.45) is 4.99 Å². The number of pyridine rings is 1. The highest BCUT2D eigenvalue weighted by molar-refractivity contribution is 5.97. The summed E-state index contributed by atoms with van der Waals surface area (Å²) < 4.78 is 59.9. The van der Waals surface area contributed by atoms with Crippen LogP contribution in [0.2, 0.25) is 0 Å². The van der Waals surface area contributed by atoms with Crippen molar-refractivity contribution in [2.75, 3.05) is 13.7 Å². The Kier molecular flexibility index (Phi) is 5.36. The Morgan fingerprint density at radius 1 is 1.23 bits per heavy atom. The number of rotatable bonds is 4. The van der Waals surface area contributed by atoms with E-state index in [0.717, 1.165) is 17.8 Å². The van der Waals surface area contributed by atoms with Crippen LogP contribution in [0.5, 0.6) is 5.88 Å². The van der Waals surface area contributed by atoms with Gasteiger partial charge >= 0.3 is 6.18 Å². The number of amidine groups is 1. The maximum absolute atomic E-state index is 13.6. The molecule has 0 spiro atoms. The van der Waals surface area contributed by atoms with Crippen molar-refractivity contribution in [3.8, 4) is 11.6 Å². The quantitative estimate of drug-likeness (QED) is 0.632. The zero-order valence-electron chi connectivity index (χ0n) is 16.4. The van der Waals surface area contributed by atoms with Gasteiger partial charge in [-0.15, -0.1) is 0 Å². The minimum Gasteiger partial charge on any atom is -0.479 e. The number of aromatic nitrogens is 3. The number of hydrogen-bond donors (Lipinski definition) is 1. The number of nitrogens with zero attached hydrogens (tertiary/aromatic N) is 4. The van der Waals surface area contributed by atoms with Gasteiger partial charge in [-0.05, 0) is 36.8 Å². The van der Waals surface area contributed by atoms with Gasteiger partial charge in [0.1, 0.15) is 29.8 Å². The highest BCUT2D eigenvalue weighted by Gasteiger charge is 2.35. The molecule has 0 aliphatic carbocycles. The van der Waals surface area contributed by atoms with Crippen molar-refractivity contribution in [1.29, 1.82) is 0 Å². The fourth-order valence-corrected chi connectivity index (χ4v) is 3.13. The lowest BCUT2D eigenvalue weighted by Crippen LogP contribution is -2.33. The Morgan fingerprint density at radius 3 is 2.71 bits per heavy atom. The number of hydrogen-bond acceptors (Lipinski definition) is 6. The second kappa shape index (κ2) is 7.99. The third-order valence-electron chi connectivity index (χ3n) is 4.64. The number of halogens is 4. The Balaban J connectivity index is 1.68. The number of imidazole rings is 1. The van der Waals surface area contributed by atoms with Crippen molar-refractivity contribution >= 4 is 5.84 Å². The van der Waals surface area contributed by atoms with E-state index in [1.165, 1.54) is 13.2 Å². The van der Waals surface area contributed by atoms with Crippen LogP contribution in [0.3, 0.4) is 0 Å². The van der Waals surface area contributed by atoms with Crippen LogP contribution in [0.4, 0.5) is 17.6 Å². The van der Waals surface area contributed by atoms with Gasteiger partial charge in [0.25, 0.3) is 0 Å². The van der Waals surface area contributed by atoms with Gasteiger partial charge in [-0.25, -0.2) is 19.8 Å². The van der Waals surface area contributed by atoms with Crippen molar-refractivity contribution in [3.63, 3.8) is 0 Å². The van der Waals surface area contributed by atoms with Crippen LogP contribution < -0.4 is 10.2 Å². The lowest BCUT2D eigenvalue weighted by molar-refractivity contribution is -0.140. The summed E-state index contributed by atoms with van der Waals surface area (Å²) in [4.78, 5) is 18.3. The fraction of sp³-hybridized carbons (Fsp3) is 0.250. The van der Waals surface area contributed by atoms with Crippen LogP contribution in [0.1, 0.15) is 28.6 Å². The zero-order chi connectivity index (χ0) is 22.2. The van der Waals surface area contributed by atoms with E-state index in [9.17, 15) is 17.6 Å². The molecule has 1 aromatic carbocycles. The van der Waals surface area contributed by atoms with Crippen LogP contribution in [0.15, 0.2) is 47.8 Å². The molecule has 3 heterocycles. The standard InChI is InChI=1S/C20H17F4N5O2/c1-11-8-29(10-25-11)17-6-5-15(27-19(17)30-2)18-26-16(9-31-28-18)12-3-4-14(21)13(7-12)20(22,23)24/h3-8,10,16H,9H2,1-2H3,(H,26,28). The Morgan fingerprint density at radius 2 is 2.03 bits per heavy atom. The molecule has 1 aliphatic rings. The van der Waals surface area contributed by atoms with Crippen molar-refractivity contribution in [1.82, 2.24) is 20.0 Å². The van der Waals surface area contributed by atoms with E-state index in [-0.39, 0.29) is 18.0 Å². The first-order valence-corrected chi connectivity index (χ1v) is 9.15. The number of alkyl halides is 3. The zero-order valence-corrected chi connectivity index (χ0v) is 16.4. The number of hydroxylamine groups is 1. The lowest BCUT2D eigenvalue weighted by atomic mass is 10.0. The summed E-state index contributed by atoms with van der Waals surface area (Å²) in [6.45, 7) is 1.82. The molecular formula is C20H17F4N5O2. The molecule has 0 amide bonds. The predicted molar refractivity (Wildman–Crippen MR) is 102 cm³/mol. The topological polar surface area (TPSA) is 73.6 Å². The fourth-order valence-electron chi connectivity index (χ4n) is 3.13. The Hall–Kier alpha value is -3.47. The van der Waals surface area contributed by atoms with E-state index >= 15 is 0 Å². The Labute approximate surface area is 174 Å². The second-order valence-electron chi connectivity index (χ2n) is 6.79. The van der Waals surface area contributed by atoms with Crippen molar-refractivity contribution in [2.45, 2.75) is 19.1 Å². The summed E-state index contributed by atoms with van der Waals surface area (Å²) in [5.41, 5.74) is 3.27.